The maximum Gasteiger partial charge on any atom is 0.357 e. The summed E-state index contributed by atoms with van der Waals surface area (Å²) in [7, 11) is -2.75. The smallest absolute Gasteiger partial charge is 0.357 e. The van der Waals surface area contributed by atoms with Gasteiger partial charge in [0.1, 0.15) is 5.01 Å². The van der Waals surface area contributed by atoms with Crippen LogP contribution in [0.2, 0.25) is 0 Å². The second kappa shape index (κ2) is 13.7. The van der Waals surface area contributed by atoms with Gasteiger partial charge in [-0.25, -0.2) is 4.98 Å². The van der Waals surface area contributed by atoms with Gasteiger partial charge in [-0.3, -0.25) is 14.1 Å². The van der Waals surface area contributed by atoms with Crippen molar-refractivity contribution < 1.29 is 22.5 Å². The third-order valence-electron chi connectivity index (χ3n) is 6.57. The van der Waals surface area contributed by atoms with Crippen LogP contribution in [0, 0.1) is 5.92 Å². The van der Waals surface area contributed by atoms with Crippen molar-refractivity contribution >= 4 is 33.2 Å². The van der Waals surface area contributed by atoms with Gasteiger partial charge in [-0.15, -0.1) is 11.3 Å². The Labute approximate surface area is 239 Å². The van der Waals surface area contributed by atoms with Crippen LogP contribution in [0.25, 0.3) is 0 Å². The van der Waals surface area contributed by atoms with Crippen molar-refractivity contribution in [1.82, 2.24) is 10.3 Å². The van der Waals surface area contributed by atoms with Crippen LogP contribution in [-0.2, 0) is 39.1 Å². The molecule has 40 heavy (non-hydrogen) atoms. The Morgan fingerprint density at radius 2 is 1.57 bits per heavy atom. The number of aromatic nitrogens is 1. The first kappa shape index (κ1) is 29.4. The molecule has 3 atom stereocenters. The van der Waals surface area contributed by atoms with E-state index in [4.69, 9.17) is 14.3 Å². The predicted molar refractivity (Wildman–Crippen MR) is 158 cm³/mol. The van der Waals surface area contributed by atoms with Crippen molar-refractivity contribution in [3.63, 3.8) is 0 Å². The Morgan fingerprint density at radius 3 is 2.15 bits per heavy atom. The minimum Gasteiger partial charge on any atom is -0.376 e. The van der Waals surface area contributed by atoms with Gasteiger partial charge in [-0.1, -0.05) is 79.7 Å². The highest BCUT2D eigenvalue weighted by molar-refractivity contribution is 7.87. The van der Waals surface area contributed by atoms with Crippen LogP contribution >= 0.6 is 11.3 Å². The summed E-state index contributed by atoms with van der Waals surface area (Å²) in [6.07, 6.45) is 1.25. The van der Waals surface area contributed by atoms with Crippen molar-refractivity contribution in [1.29, 1.82) is 0 Å². The molecule has 10 heteroatoms. The summed E-state index contributed by atoms with van der Waals surface area (Å²) in [5.41, 5.74) is 4.00. The zero-order valence-electron chi connectivity index (χ0n) is 22.4. The van der Waals surface area contributed by atoms with E-state index in [2.05, 4.69) is 5.32 Å². The van der Waals surface area contributed by atoms with Crippen molar-refractivity contribution in [3.8, 4) is 0 Å². The highest BCUT2D eigenvalue weighted by atomic mass is 32.2. The molecule has 8 nitrogen and oxygen atoms in total. The SMILES string of the molecule is CCc1csc([C@H](Cc2ccc(NS(=O)(=O)O)cc2)NC(=O)[C@@H](Cc2ccccc2)C(OC)c2ccccc2)n1. The molecule has 0 spiro atoms. The van der Waals surface area contributed by atoms with Gasteiger partial charge in [0, 0.05) is 12.5 Å². The van der Waals surface area contributed by atoms with Crippen LogP contribution in [0.4, 0.5) is 5.69 Å². The molecule has 0 aliphatic rings. The Bertz CT molecular complexity index is 1480. The number of methoxy groups -OCH3 is 1. The van der Waals surface area contributed by atoms with E-state index in [9.17, 15) is 13.2 Å². The van der Waals surface area contributed by atoms with Crippen LogP contribution in [0.3, 0.4) is 0 Å². The van der Waals surface area contributed by atoms with E-state index in [-0.39, 0.29) is 11.6 Å². The van der Waals surface area contributed by atoms with Crippen LogP contribution in [-0.4, -0.2) is 31.0 Å². The number of carbonyl (C=O) groups is 1. The number of aryl methyl sites for hydroxylation is 1. The third kappa shape index (κ3) is 8.22. The maximum absolute atomic E-state index is 14.1. The molecule has 1 heterocycles. The standard InChI is InChI=1S/C30H33N3O5S2/c1-3-24-20-39-30(31-24)27(19-22-14-16-25(17-15-22)33-40(35,36)37)32-29(34)26(18-21-10-6-4-7-11-21)28(38-2)23-12-8-5-9-13-23/h4-17,20,26-28,33H,3,18-19H2,1-2H3,(H,32,34)(H,35,36,37)/t26-,27-,28?/m0/s1. The van der Waals surface area contributed by atoms with Crippen LogP contribution in [0.1, 0.15) is 46.5 Å². The van der Waals surface area contributed by atoms with E-state index in [0.717, 1.165) is 33.8 Å². The van der Waals surface area contributed by atoms with Gasteiger partial charge >= 0.3 is 10.3 Å². The fourth-order valence-corrected chi connectivity index (χ4v) is 5.98. The fourth-order valence-electron chi connectivity index (χ4n) is 4.60. The van der Waals surface area contributed by atoms with E-state index in [1.54, 1.807) is 31.4 Å². The second-order valence-corrected chi connectivity index (χ2v) is 11.5. The Kier molecular flexibility index (Phi) is 10.1. The summed E-state index contributed by atoms with van der Waals surface area (Å²) in [5.74, 6) is -0.660. The highest BCUT2D eigenvalue weighted by Gasteiger charge is 2.32. The summed E-state index contributed by atoms with van der Waals surface area (Å²) in [6, 6.07) is 25.8. The van der Waals surface area contributed by atoms with Gasteiger partial charge in [0.05, 0.1) is 29.4 Å². The molecule has 0 aliphatic carbocycles. The molecule has 1 aromatic heterocycles. The molecule has 1 amide bonds. The number of nitrogens with one attached hydrogen (secondary N) is 2. The normalized spacial score (nSPS) is 13.8. The number of amides is 1. The van der Waals surface area contributed by atoms with Gasteiger partial charge in [-0.2, -0.15) is 8.42 Å². The van der Waals surface area contributed by atoms with Crippen molar-refractivity contribution in [2.24, 2.45) is 5.92 Å². The zero-order valence-corrected chi connectivity index (χ0v) is 24.0. The number of benzene rings is 3. The van der Waals surface area contributed by atoms with Crippen molar-refractivity contribution in [2.45, 2.75) is 38.3 Å². The third-order valence-corrected chi connectivity index (χ3v) is 8.07. The summed E-state index contributed by atoms with van der Waals surface area (Å²) in [5, 5.41) is 6.04. The molecule has 3 N–H and O–H groups in total. The molecule has 0 saturated carbocycles. The predicted octanol–water partition coefficient (Wildman–Crippen LogP) is 5.57. The zero-order chi connectivity index (χ0) is 28.5. The summed E-state index contributed by atoms with van der Waals surface area (Å²) in [4.78, 5) is 18.8. The molecule has 4 rings (SSSR count). The van der Waals surface area contributed by atoms with E-state index in [1.165, 1.54) is 11.3 Å². The number of ether oxygens (including phenoxy) is 1. The quantitative estimate of drug-likeness (QED) is 0.178. The topological polar surface area (TPSA) is 118 Å². The van der Waals surface area contributed by atoms with Gasteiger partial charge in [0.15, 0.2) is 0 Å². The maximum atomic E-state index is 14.1. The van der Waals surface area contributed by atoms with Crippen LogP contribution in [0.5, 0.6) is 0 Å². The first-order valence-corrected chi connectivity index (χ1v) is 15.3. The molecule has 0 aliphatic heterocycles. The number of anilines is 1. The van der Waals surface area contributed by atoms with Gasteiger partial charge in [0.25, 0.3) is 0 Å². The monoisotopic (exact) mass is 579 g/mol. The molecular formula is C30H33N3O5S2. The fraction of sp³-hybridized carbons (Fsp3) is 0.267. The molecule has 4 aromatic rings. The lowest BCUT2D eigenvalue weighted by Crippen LogP contribution is -2.39. The summed E-state index contributed by atoms with van der Waals surface area (Å²) >= 11 is 1.50. The number of hydrogen-bond acceptors (Lipinski definition) is 6. The van der Waals surface area contributed by atoms with Crippen molar-refractivity contribution in [2.75, 3.05) is 11.8 Å². The largest absolute Gasteiger partial charge is 0.376 e. The average Bonchev–Trinajstić information content (AvgIpc) is 3.43. The van der Waals surface area contributed by atoms with E-state index < -0.39 is 28.4 Å². The molecular weight excluding hydrogens is 546 g/mol. The number of carbonyl (C=O) groups excluding carboxylic acids is 1. The van der Waals surface area contributed by atoms with E-state index >= 15 is 0 Å². The minimum atomic E-state index is -4.37. The van der Waals surface area contributed by atoms with Crippen LogP contribution in [0.15, 0.2) is 90.3 Å². The van der Waals surface area contributed by atoms with Crippen molar-refractivity contribution in [3.05, 3.63) is 118 Å². The lowest BCUT2D eigenvalue weighted by Gasteiger charge is -2.28. The first-order valence-electron chi connectivity index (χ1n) is 13.0. The Hall–Kier alpha value is -3.57. The lowest BCUT2D eigenvalue weighted by molar-refractivity contribution is -0.130. The van der Waals surface area contributed by atoms with Gasteiger partial charge in [-0.05, 0) is 48.1 Å². The molecule has 3 aromatic carbocycles. The molecule has 0 saturated heterocycles. The van der Waals surface area contributed by atoms with Gasteiger partial charge < -0.3 is 10.1 Å². The molecule has 0 fully saturated rings. The molecule has 210 valence electrons. The molecule has 1 unspecified atom stereocenters. The van der Waals surface area contributed by atoms with E-state index in [1.807, 2.05) is 77.7 Å². The summed E-state index contributed by atoms with van der Waals surface area (Å²) < 4.78 is 39.3. The minimum absolute atomic E-state index is 0.150. The number of thiazole rings is 1. The van der Waals surface area contributed by atoms with Gasteiger partial charge in [0.2, 0.25) is 5.91 Å². The average molecular weight is 580 g/mol. The lowest BCUT2D eigenvalue weighted by atomic mass is 9.88. The van der Waals surface area contributed by atoms with E-state index in [0.29, 0.717) is 12.8 Å². The second-order valence-electron chi connectivity index (χ2n) is 9.43. The highest BCUT2D eigenvalue weighted by Crippen LogP contribution is 2.31. The molecule has 0 radical (unpaired) electrons. The Morgan fingerprint density at radius 1 is 0.950 bits per heavy atom. The first-order chi connectivity index (χ1) is 19.3. The number of rotatable bonds is 13. The number of hydrogen-bond donors (Lipinski definition) is 3. The number of nitrogens with zero attached hydrogens (tertiary/aromatic N) is 1. The Balaban J connectivity index is 1.63. The summed E-state index contributed by atoms with van der Waals surface area (Å²) in [6.45, 7) is 2.03. The molecule has 0 bridgehead atoms. The van der Waals surface area contributed by atoms with Crippen LogP contribution < -0.4 is 10.0 Å².